The highest BCUT2D eigenvalue weighted by atomic mass is 16.7. The van der Waals surface area contributed by atoms with E-state index >= 15 is 0 Å². The smallest absolute Gasteiger partial charge is 0.316 e. The minimum Gasteiger partial charge on any atom is -0.454 e. The van der Waals surface area contributed by atoms with Crippen LogP contribution < -0.4 is 20.1 Å². The maximum Gasteiger partial charge on any atom is 0.316 e. The van der Waals surface area contributed by atoms with Gasteiger partial charge >= 0.3 is 11.8 Å². The molecule has 0 radical (unpaired) electrons. The molecule has 1 aromatic heterocycles. The van der Waals surface area contributed by atoms with E-state index in [-0.39, 0.29) is 42.8 Å². The van der Waals surface area contributed by atoms with E-state index in [9.17, 15) is 19.7 Å². The van der Waals surface area contributed by atoms with Gasteiger partial charge in [0.2, 0.25) is 12.6 Å². The molecule has 0 saturated carbocycles. The predicted molar refractivity (Wildman–Crippen MR) is 104 cm³/mol. The van der Waals surface area contributed by atoms with Gasteiger partial charge in [-0.15, -0.1) is 0 Å². The number of carbonyl (C=O) groups excluding carboxylic acids is 2. The van der Waals surface area contributed by atoms with Crippen molar-refractivity contribution < 1.29 is 28.5 Å². The van der Waals surface area contributed by atoms with Gasteiger partial charge in [-0.25, -0.2) is 0 Å². The van der Waals surface area contributed by atoms with Crippen molar-refractivity contribution in [3.8, 4) is 22.9 Å². The van der Waals surface area contributed by atoms with Gasteiger partial charge in [0.15, 0.2) is 11.5 Å². The summed E-state index contributed by atoms with van der Waals surface area (Å²) in [5, 5.41) is 19.8. The molecule has 3 aromatic rings. The molecule has 158 valence electrons. The van der Waals surface area contributed by atoms with E-state index in [1.54, 1.807) is 18.2 Å². The predicted octanol–water partition coefficient (Wildman–Crippen LogP) is 1.53. The van der Waals surface area contributed by atoms with Crippen LogP contribution in [0, 0.1) is 10.1 Å². The number of benzene rings is 2. The molecule has 0 bridgehead atoms. The molecule has 2 heterocycles. The molecule has 0 atom stereocenters. The number of hydrogen-bond donors (Lipinski definition) is 2. The van der Waals surface area contributed by atoms with Crippen molar-refractivity contribution >= 4 is 17.5 Å². The zero-order valence-corrected chi connectivity index (χ0v) is 15.9. The molecule has 2 N–H and O–H groups in total. The summed E-state index contributed by atoms with van der Waals surface area (Å²) in [6.45, 7) is 0.222. The SMILES string of the molecule is O=C(NCCNC(=O)c1ccccc1[N+](=O)[O-])c1nc(-c2ccc3c(c2)OCO3)no1. The summed E-state index contributed by atoms with van der Waals surface area (Å²) in [6.07, 6.45) is 0. The zero-order valence-electron chi connectivity index (χ0n) is 15.9. The van der Waals surface area contributed by atoms with Crippen molar-refractivity contribution in [2.75, 3.05) is 19.9 Å². The maximum atomic E-state index is 12.2. The molecule has 2 amide bonds. The number of nitro groups is 1. The number of nitrogens with one attached hydrogen (secondary N) is 2. The number of rotatable bonds is 7. The minimum atomic E-state index is -0.635. The fourth-order valence-corrected chi connectivity index (χ4v) is 2.82. The number of nitro benzene ring substituents is 1. The van der Waals surface area contributed by atoms with Crippen LogP contribution in [-0.4, -0.2) is 46.8 Å². The lowest BCUT2D eigenvalue weighted by Gasteiger charge is -2.06. The molecule has 2 aromatic carbocycles. The number of amides is 2. The van der Waals surface area contributed by atoms with Crippen LogP contribution in [0.25, 0.3) is 11.4 Å². The molecule has 0 unspecified atom stereocenters. The van der Waals surface area contributed by atoms with Crippen molar-refractivity contribution in [2.45, 2.75) is 0 Å². The average Bonchev–Trinajstić information content (AvgIpc) is 3.45. The summed E-state index contributed by atoms with van der Waals surface area (Å²) >= 11 is 0. The van der Waals surface area contributed by atoms with Crippen molar-refractivity contribution in [1.82, 2.24) is 20.8 Å². The summed E-state index contributed by atoms with van der Waals surface area (Å²) in [7, 11) is 0. The van der Waals surface area contributed by atoms with E-state index in [2.05, 4.69) is 20.8 Å². The molecule has 0 fully saturated rings. The van der Waals surface area contributed by atoms with Crippen LogP contribution in [0.2, 0.25) is 0 Å². The molecule has 31 heavy (non-hydrogen) atoms. The first-order valence-corrected chi connectivity index (χ1v) is 9.06. The van der Waals surface area contributed by atoms with Gasteiger partial charge in [-0.1, -0.05) is 17.3 Å². The topological polar surface area (TPSA) is 159 Å². The van der Waals surface area contributed by atoms with Crippen LogP contribution >= 0.6 is 0 Å². The van der Waals surface area contributed by atoms with E-state index in [1.165, 1.54) is 24.3 Å². The molecule has 0 spiro atoms. The quantitative estimate of drug-likeness (QED) is 0.325. The third kappa shape index (κ3) is 4.27. The number of para-hydroxylation sites is 1. The number of aromatic nitrogens is 2. The van der Waals surface area contributed by atoms with Crippen molar-refractivity contribution in [2.24, 2.45) is 0 Å². The van der Waals surface area contributed by atoms with Crippen LogP contribution in [0.5, 0.6) is 11.5 Å². The lowest BCUT2D eigenvalue weighted by Crippen LogP contribution is -2.35. The van der Waals surface area contributed by atoms with Gasteiger partial charge in [0, 0.05) is 24.7 Å². The van der Waals surface area contributed by atoms with Gasteiger partial charge in [0.25, 0.3) is 11.6 Å². The van der Waals surface area contributed by atoms with E-state index in [1.807, 2.05) is 0 Å². The van der Waals surface area contributed by atoms with Crippen molar-refractivity contribution in [3.05, 3.63) is 64.0 Å². The van der Waals surface area contributed by atoms with E-state index in [0.717, 1.165) is 0 Å². The molecule has 0 aliphatic carbocycles. The number of hydrogen-bond acceptors (Lipinski definition) is 9. The number of fused-ring (bicyclic) bond motifs is 1. The second-order valence-corrected chi connectivity index (χ2v) is 6.28. The Labute approximate surface area is 174 Å². The maximum absolute atomic E-state index is 12.2. The Balaban J connectivity index is 1.30. The Bertz CT molecular complexity index is 1160. The summed E-state index contributed by atoms with van der Waals surface area (Å²) < 4.78 is 15.5. The molecule has 0 saturated heterocycles. The van der Waals surface area contributed by atoms with Gasteiger partial charge in [-0.3, -0.25) is 19.7 Å². The normalized spacial score (nSPS) is 11.7. The minimum absolute atomic E-state index is 0.0414. The first-order chi connectivity index (χ1) is 15.0. The third-order valence-corrected chi connectivity index (χ3v) is 4.29. The van der Waals surface area contributed by atoms with Crippen LogP contribution in [0.4, 0.5) is 5.69 Å². The Hall–Kier alpha value is -4.48. The molecule has 1 aliphatic heterocycles. The second kappa shape index (κ2) is 8.49. The van der Waals surface area contributed by atoms with Crippen LogP contribution in [0.15, 0.2) is 47.0 Å². The molecular formula is C19H15N5O7. The highest BCUT2D eigenvalue weighted by Gasteiger charge is 2.20. The fraction of sp³-hybridized carbons (Fsp3) is 0.158. The molecular weight excluding hydrogens is 410 g/mol. The second-order valence-electron chi connectivity index (χ2n) is 6.28. The van der Waals surface area contributed by atoms with Crippen LogP contribution in [0.3, 0.4) is 0 Å². The average molecular weight is 425 g/mol. The van der Waals surface area contributed by atoms with Gasteiger partial charge < -0.3 is 24.6 Å². The molecule has 12 nitrogen and oxygen atoms in total. The zero-order chi connectivity index (χ0) is 21.8. The van der Waals surface area contributed by atoms with Gasteiger partial charge in [-0.2, -0.15) is 4.98 Å². The lowest BCUT2D eigenvalue weighted by molar-refractivity contribution is -0.385. The molecule has 1 aliphatic rings. The summed E-state index contributed by atoms with van der Waals surface area (Å²) in [5.74, 6) is -0.148. The largest absolute Gasteiger partial charge is 0.454 e. The first-order valence-electron chi connectivity index (χ1n) is 9.06. The highest BCUT2D eigenvalue weighted by molar-refractivity contribution is 5.98. The van der Waals surface area contributed by atoms with E-state index < -0.39 is 16.7 Å². The van der Waals surface area contributed by atoms with Crippen LogP contribution in [-0.2, 0) is 0 Å². The van der Waals surface area contributed by atoms with Gasteiger partial charge in [0.05, 0.1) is 4.92 Å². The van der Waals surface area contributed by atoms with Gasteiger partial charge in [-0.05, 0) is 24.3 Å². The highest BCUT2D eigenvalue weighted by Crippen LogP contribution is 2.35. The van der Waals surface area contributed by atoms with E-state index in [4.69, 9.17) is 14.0 Å². The Morgan fingerprint density at radius 3 is 2.58 bits per heavy atom. The summed E-state index contributed by atoms with van der Waals surface area (Å²) in [5.41, 5.74) is 0.221. The third-order valence-electron chi connectivity index (χ3n) is 4.29. The molecule has 12 heteroatoms. The Morgan fingerprint density at radius 2 is 1.77 bits per heavy atom. The molecule has 4 rings (SSSR count). The summed E-state index contributed by atoms with van der Waals surface area (Å²) in [6, 6.07) is 10.7. The van der Waals surface area contributed by atoms with Crippen molar-refractivity contribution in [3.63, 3.8) is 0 Å². The Morgan fingerprint density at radius 1 is 1.03 bits per heavy atom. The monoisotopic (exact) mass is 425 g/mol. The standard InChI is InChI=1S/C19H15N5O7/c25-17(12-3-1-2-4-13(12)24(27)28)20-7-8-21-18(26)19-22-16(23-31-19)11-5-6-14-15(9-11)30-10-29-14/h1-6,9H,7-8,10H2,(H,20,25)(H,21,26). The van der Waals surface area contributed by atoms with E-state index in [0.29, 0.717) is 17.1 Å². The number of carbonyl (C=O) groups is 2. The first kappa shape index (κ1) is 19.8. The lowest BCUT2D eigenvalue weighted by atomic mass is 10.1. The van der Waals surface area contributed by atoms with Crippen molar-refractivity contribution in [1.29, 1.82) is 0 Å². The Kier molecular flexibility index (Phi) is 5.43. The van der Waals surface area contributed by atoms with Crippen LogP contribution in [0.1, 0.15) is 21.0 Å². The number of nitrogens with zero attached hydrogens (tertiary/aromatic N) is 3. The number of ether oxygens (including phenoxy) is 2. The summed E-state index contributed by atoms with van der Waals surface area (Å²) in [4.78, 5) is 38.7. The fourth-order valence-electron chi connectivity index (χ4n) is 2.82. The van der Waals surface area contributed by atoms with Gasteiger partial charge in [0.1, 0.15) is 5.56 Å².